The molecule has 0 saturated carbocycles. The zero-order chi connectivity index (χ0) is 14.7. The Labute approximate surface area is 116 Å². The summed E-state index contributed by atoms with van der Waals surface area (Å²) >= 11 is 0. The SMILES string of the molecule is CC(=O)c1cc(F)c(C)cc1Oc1ccccc1C#N. The number of hydrogen-bond acceptors (Lipinski definition) is 3. The summed E-state index contributed by atoms with van der Waals surface area (Å²) < 4.78 is 19.2. The largest absolute Gasteiger partial charge is 0.455 e. The van der Waals surface area contributed by atoms with Crippen LogP contribution in [0.1, 0.15) is 28.4 Å². The highest BCUT2D eigenvalue weighted by atomic mass is 19.1. The maximum atomic E-state index is 13.5. The van der Waals surface area contributed by atoms with Crippen LogP contribution in [0.3, 0.4) is 0 Å². The molecule has 0 aromatic heterocycles. The van der Waals surface area contributed by atoms with Crippen LogP contribution in [0.5, 0.6) is 11.5 Å². The minimum atomic E-state index is -0.462. The number of benzene rings is 2. The Balaban J connectivity index is 2.51. The number of nitrogens with zero attached hydrogens (tertiary/aromatic N) is 1. The number of ketones is 1. The van der Waals surface area contributed by atoms with Crippen LogP contribution < -0.4 is 4.74 Å². The molecule has 0 heterocycles. The summed E-state index contributed by atoms with van der Waals surface area (Å²) in [5, 5.41) is 9.02. The van der Waals surface area contributed by atoms with Crippen molar-refractivity contribution in [2.75, 3.05) is 0 Å². The topological polar surface area (TPSA) is 50.1 Å². The zero-order valence-electron chi connectivity index (χ0n) is 11.1. The van der Waals surface area contributed by atoms with Gasteiger partial charge in [-0.05, 0) is 43.7 Å². The van der Waals surface area contributed by atoms with Crippen molar-refractivity contribution in [1.29, 1.82) is 5.26 Å². The number of carbonyl (C=O) groups excluding carboxylic acids is 1. The number of para-hydroxylation sites is 1. The minimum absolute atomic E-state index is 0.154. The third-order valence-corrected chi connectivity index (χ3v) is 2.87. The molecule has 0 saturated heterocycles. The molecule has 20 heavy (non-hydrogen) atoms. The lowest BCUT2D eigenvalue weighted by atomic mass is 10.1. The van der Waals surface area contributed by atoms with Gasteiger partial charge in [-0.1, -0.05) is 12.1 Å². The minimum Gasteiger partial charge on any atom is -0.455 e. The summed E-state index contributed by atoms with van der Waals surface area (Å²) in [7, 11) is 0. The lowest BCUT2D eigenvalue weighted by Crippen LogP contribution is -2.00. The quantitative estimate of drug-likeness (QED) is 0.791. The van der Waals surface area contributed by atoms with E-state index in [9.17, 15) is 9.18 Å². The Bertz CT molecular complexity index is 717. The second kappa shape index (κ2) is 5.54. The molecule has 0 atom stereocenters. The van der Waals surface area contributed by atoms with E-state index in [1.807, 2.05) is 6.07 Å². The summed E-state index contributed by atoms with van der Waals surface area (Å²) in [6.45, 7) is 2.93. The Morgan fingerprint density at radius 1 is 1.25 bits per heavy atom. The van der Waals surface area contributed by atoms with E-state index in [0.717, 1.165) is 6.07 Å². The van der Waals surface area contributed by atoms with Gasteiger partial charge < -0.3 is 4.74 Å². The smallest absolute Gasteiger partial charge is 0.163 e. The Morgan fingerprint density at radius 2 is 1.95 bits per heavy atom. The molecule has 0 bridgehead atoms. The highest BCUT2D eigenvalue weighted by Gasteiger charge is 2.14. The standard InChI is InChI=1S/C16H12FNO2/c1-10-7-16(13(11(2)19)8-14(10)17)20-15-6-4-3-5-12(15)9-18/h3-8H,1-2H3. The summed E-state index contributed by atoms with van der Waals surface area (Å²) in [4.78, 5) is 11.6. The highest BCUT2D eigenvalue weighted by Crippen LogP contribution is 2.30. The predicted octanol–water partition coefficient (Wildman–Crippen LogP) is 4.00. The normalized spacial score (nSPS) is 9.90. The molecule has 0 amide bonds. The van der Waals surface area contributed by atoms with E-state index in [1.165, 1.54) is 13.0 Å². The van der Waals surface area contributed by atoms with Crippen molar-refractivity contribution in [2.24, 2.45) is 0 Å². The van der Waals surface area contributed by atoms with Crippen LogP contribution in [0.2, 0.25) is 0 Å². The van der Waals surface area contributed by atoms with Gasteiger partial charge in [-0.2, -0.15) is 5.26 Å². The number of halogens is 1. The third-order valence-electron chi connectivity index (χ3n) is 2.87. The van der Waals surface area contributed by atoms with E-state index < -0.39 is 5.82 Å². The van der Waals surface area contributed by atoms with E-state index in [1.54, 1.807) is 31.2 Å². The molecular formula is C16H12FNO2. The molecule has 0 spiro atoms. The summed E-state index contributed by atoms with van der Waals surface area (Å²) in [6.07, 6.45) is 0. The van der Waals surface area contributed by atoms with Crippen LogP contribution in [0.4, 0.5) is 4.39 Å². The number of hydrogen-bond donors (Lipinski definition) is 0. The number of carbonyl (C=O) groups is 1. The molecule has 0 fully saturated rings. The maximum Gasteiger partial charge on any atom is 0.163 e. The van der Waals surface area contributed by atoms with Crippen molar-refractivity contribution >= 4 is 5.78 Å². The van der Waals surface area contributed by atoms with Gasteiger partial charge in [0.25, 0.3) is 0 Å². The summed E-state index contributed by atoms with van der Waals surface area (Å²) in [5.74, 6) is -0.174. The second-order valence-corrected chi connectivity index (χ2v) is 4.36. The third kappa shape index (κ3) is 2.67. The lowest BCUT2D eigenvalue weighted by Gasteiger charge is -2.12. The van der Waals surface area contributed by atoms with Gasteiger partial charge in [0.15, 0.2) is 5.78 Å². The maximum absolute atomic E-state index is 13.5. The molecule has 3 nitrogen and oxygen atoms in total. The number of rotatable bonds is 3. The van der Waals surface area contributed by atoms with Crippen molar-refractivity contribution in [3.8, 4) is 17.6 Å². The van der Waals surface area contributed by atoms with Crippen LogP contribution in [0.25, 0.3) is 0 Å². The molecule has 2 aromatic rings. The Hall–Kier alpha value is -2.67. The van der Waals surface area contributed by atoms with Gasteiger partial charge in [0, 0.05) is 0 Å². The van der Waals surface area contributed by atoms with E-state index in [0.29, 0.717) is 16.9 Å². The van der Waals surface area contributed by atoms with E-state index in [2.05, 4.69) is 0 Å². The van der Waals surface area contributed by atoms with Gasteiger partial charge in [0.05, 0.1) is 11.1 Å². The molecular weight excluding hydrogens is 257 g/mol. The van der Waals surface area contributed by atoms with Crippen molar-refractivity contribution in [2.45, 2.75) is 13.8 Å². The van der Waals surface area contributed by atoms with E-state index in [4.69, 9.17) is 10.00 Å². The van der Waals surface area contributed by atoms with Crippen LogP contribution in [-0.2, 0) is 0 Å². The lowest BCUT2D eigenvalue weighted by molar-refractivity contribution is 0.101. The van der Waals surface area contributed by atoms with Crippen LogP contribution in [0.15, 0.2) is 36.4 Å². The number of Topliss-reactive ketones (excluding diaryl/α,β-unsaturated/α-hetero) is 1. The monoisotopic (exact) mass is 269 g/mol. The van der Waals surface area contributed by atoms with Crippen molar-refractivity contribution in [3.05, 3.63) is 58.9 Å². The molecule has 0 radical (unpaired) electrons. The van der Waals surface area contributed by atoms with Crippen molar-refractivity contribution in [3.63, 3.8) is 0 Å². The van der Waals surface area contributed by atoms with Gasteiger partial charge in [0.1, 0.15) is 23.4 Å². The molecule has 0 aliphatic rings. The summed E-state index contributed by atoms with van der Waals surface area (Å²) in [6, 6.07) is 11.3. The van der Waals surface area contributed by atoms with E-state index >= 15 is 0 Å². The summed E-state index contributed by atoms with van der Waals surface area (Å²) in [5.41, 5.74) is 0.879. The molecule has 0 N–H and O–H groups in total. The zero-order valence-corrected chi connectivity index (χ0v) is 11.1. The first-order chi connectivity index (χ1) is 9.52. The molecule has 100 valence electrons. The molecule has 0 aliphatic heterocycles. The first-order valence-corrected chi connectivity index (χ1v) is 6.01. The van der Waals surface area contributed by atoms with Crippen molar-refractivity contribution < 1.29 is 13.9 Å². The Morgan fingerprint density at radius 3 is 2.60 bits per heavy atom. The van der Waals surface area contributed by atoms with Gasteiger partial charge in [-0.25, -0.2) is 4.39 Å². The average molecular weight is 269 g/mol. The van der Waals surface area contributed by atoms with Gasteiger partial charge in [0.2, 0.25) is 0 Å². The first kappa shape index (κ1) is 13.8. The fraction of sp³-hybridized carbons (Fsp3) is 0.125. The Kier molecular flexibility index (Phi) is 3.81. The molecule has 4 heteroatoms. The number of aryl methyl sites for hydroxylation is 1. The predicted molar refractivity (Wildman–Crippen MR) is 72.4 cm³/mol. The molecule has 0 unspecified atom stereocenters. The van der Waals surface area contributed by atoms with Gasteiger partial charge >= 0.3 is 0 Å². The van der Waals surface area contributed by atoms with Gasteiger partial charge in [-0.3, -0.25) is 4.79 Å². The van der Waals surface area contributed by atoms with Crippen molar-refractivity contribution in [1.82, 2.24) is 0 Å². The number of nitriles is 1. The number of ether oxygens (including phenoxy) is 1. The van der Waals surface area contributed by atoms with Crippen LogP contribution >= 0.6 is 0 Å². The average Bonchev–Trinajstić information content (AvgIpc) is 2.43. The first-order valence-electron chi connectivity index (χ1n) is 6.01. The second-order valence-electron chi connectivity index (χ2n) is 4.36. The van der Waals surface area contributed by atoms with Gasteiger partial charge in [-0.15, -0.1) is 0 Å². The van der Waals surface area contributed by atoms with Crippen LogP contribution in [-0.4, -0.2) is 5.78 Å². The molecule has 2 rings (SSSR count). The van der Waals surface area contributed by atoms with Crippen LogP contribution in [0, 0.1) is 24.1 Å². The fourth-order valence-electron chi connectivity index (χ4n) is 1.78. The highest BCUT2D eigenvalue weighted by molar-refractivity contribution is 5.97. The van der Waals surface area contributed by atoms with E-state index in [-0.39, 0.29) is 17.1 Å². The molecule has 0 aliphatic carbocycles. The molecule has 2 aromatic carbocycles. The fourth-order valence-corrected chi connectivity index (χ4v) is 1.78.